The Labute approximate surface area is 78.1 Å². The van der Waals surface area contributed by atoms with Crippen molar-refractivity contribution in [1.82, 2.24) is 5.32 Å². The lowest BCUT2D eigenvalue weighted by Gasteiger charge is -2.06. The summed E-state index contributed by atoms with van der Waals surface area (Å²) in [5.41, 5.74) is -0.641. The molecular formula is C10H14N2O. The van der Waals surface area contributed by atoms with Gasteiger partial charge in [-0.2, -0.15) is 5.26 Å². The number of nitriles is 1. The molecule has 1 N–H and O–H groups in total. The Hall–Kier alpha value is -1.04. The second-order valence-corrected chi connectivity index (χ2v) is 4.38. The molecule has 2 saturated carbocycles. The summed E-state index contributed by atoms with van der Waals surface area (Å²) in [6.45, 7) is 2.96. The van der Waals surface area contributed by atoms with E-state index >= 15 is 0 Å². The van der Waals surface area contributed by atoms with Crippen molar-refractivity contribution >= 4 is 5.91 Å². The van der Waals surface area contributed by atoms with Gasteiger partial charge in [0.05, 0.1) is 6.07 Å². The fourth-order valence-corrected chi connectivity index (χ4v) is 1.59. The van der Waals surface area contributed by atoms with E-state index in [1.165, 1.54) is 6.42 Å². The third-order valence-electron chi connectivity index (χ3n) is 3.20. The third kappa shape index (κ3) is 1.53. The minimum atomic E-state index is -0.641. The van der Waals surface area contributed by atoms with Crippen molar-refractivity contribution in [3.05, 3.63) is 0 Å². The smallest absolute Gasteiger partial charge is 0.240 e. The molecule has 0 aromatic heterocycles. The molecule has 2 unspecified atom stereocenters. The number of carbonyl (C=O) groups is 1. The van der Waals surface area contributed by atoms with E-state index in [1.807, 2.05) is 0 Å². The molecule has 0 aliphatic heterocycles. The van der Waals surface area contributed by atoms with Gasteiger partial charge in [-0.05, 0) is 31.1 Å². The average Bonchev–Trinajstić information content (AvgIpc) is 2.98. The molecule has 13 heavy (non-hydrogen) atoms. The van der Waals surface area contributed by atoms with Gasteiger partial charge in [0.15, 0.2) is 0 Å². The van der Waals surface area contributed by atoms with Gasteiger partial charge in [0.25, 0.3) is 0 Å². The van der Waals surface area contributed by atoms with E-state index in [1.54, 1.807) is 0 Å². The van der Waals surface area contributed by atoms with Crippen LogP contribution in [0.1, 0.15) is 26.2 Å². The SMILES string of the molecule is CC1CC1CNC(=O)C1(C#N)CC1. The summed E-state index contributed by atoms with van der Waals surface area (Å²) in [4.78, 5) is 11.5. The van der Waals surface area contributed by atoms with Crippen LogP contribution < -0.4 is 5.32 Å². The van der Waals surface area contributed by atoms with Crippen LogP contribution in [0.2, 0.25) is 0 Å². The molecule has 2 aliphatic rings. The van der Waals surface area contributed by atoms with E-state index in [-0.39, 0.29) is 5.91 Å². The zero-order chi connectivity index (χ0) is 9.47. The van der Waals surface area contributed by atoms with Gasteiger partial charge < -0.3 is 5.32 Å². The highest BCUT2D eigenvalue weighted by Crippen LogP contribution is 2.45. The first kappa shape index (κ1) is 8.55. The Bertz CT molecular complexity index is 275. The predicted molar refractivity (Wildman–Crippen MR) is 47.6 cm³/mol. The maximum atomic E-state index is 11.5. The fourth-order valence-electron chi connectivity index (χ4n) is 1.59. The molecule has 0 spiro atoms. The van der Waals surface area contributed by atoms with E-state index in [0.717, 1.165) is 25.3 Å². The van der Waals surface area contributed by atoms with E-state index in [4.69, 9.17) is 5.26 Å². The Kier molecular flexibility index (Phi) is 1.80. The zero-order valence-electron chi connectivity index (χ0n) is 7.84. The van der Waals surface area contributed by atoms with Crippen LogP contribution in [0.15, 0.2) is 0 Å². The van der Waals surface area contributed by atoms with Gasteiger partial charge in [-0.1, -0.05) is 6.92 Å². The number of nitrogens with zero attached hydrogens (tertiary/aromatic N) is 1. The summed E-state index contributed by atoms with van der Waals surface area (Å²) in [6.07, 6.45) is 2.71. The molecule has 0 aromatic rings. The maximum Gasteiger partial charge on any atom is 0.240 e. The topological polar surface area (TPSA) is 52.9 Å². The van der Waals surface area contributed by atoms with Crippen LogP contribution in [0.3, 0.4) is 0 Å². The molecule has 2 atom stereocenters. The number of nitrogens with one attached hydrogen (secondary N) is 1. The highest BCUT2D eigenvalue weighted by atomic mass is 16.2. The number of rotatable bonds is 3. The zero-order valence-corrected chi connectivity index (χ0v) is 7.84. The van der Waals surface area contributed by atoms with Crippen LogP contribution in [0, 0.1) is 28.6 Å². The molecule has 0 saturated heterocycles. The van der Waals surface area contributed by atoms with Crippen molar-refractivity contribution in [2.45, 2.75) is 26.2 Å². The lowest BCUT2D eigenvalue weighted by Crippen LogP contribution is -2.32. The molecule has 2 fully saturated rings. The van der Waals surface area contributed by atoms with Gasteiger partial charge in [-0.3, -0.25) is 4.79 Å². The second kappa shape index (κ2) is 2.73. The molecule has 1 amide bonds. The lowest BCUT2D eigenvalue weighted by molar-refractivity contribution is -0.124. The van der Waals surface area contributed by atoms with E-state index in [9.17, 15) is 4.79 Å². The summed E-state index contributed by atoms with van der Waals surface area (Å²) in [5, 5.41) is 11.6. The van der Waals surface area contributed by atoms with Crippen LogP contribution in [-0.4, -0.2) is 12.5 Å². The van der Waals surface area contributed by atoms with Crippen LogP contribution >= 0.6 is 0 Å². The summed E-state index contributed by atoms with van der Waals surface area (Å²) >= 11 is 0. The minimum absolute atomic E-state index is 0.0471. The van der Waals surface area contributed by atoms with Crippen LogP contribution in [0.4, 0.5) is 0 Å². The van der Waals surface area contributed by atoms with Gasteiger partial charge in [-0.25, -0.2) is 0 Å². The van der Waals surface area contributed by atoms with Gasteiger partial charge in [0.1, 0.15) is 5.41 Å². The molecule has 3 heteroatoms. The first-order valence-corrected chi connectivity index (χ1v) is 4.87. The van der Waals surface area contributed by atoms with Crippen molar-refractivity contribution < 1.29 is 4.79 Å². The fraction of sp³-hybridized carbons (Fsp3) is 0.800. The Morgan fingerprint density at radius 2 is 2.31 bits per heavy atom. The monoisotopic (exact) mass is 178 g/mol. The summed E-state index contributed by atoms with van der Waals surface area (Å²) < 4.78 is 0. The van der Waals surface area contributed by atoms with E-state index in [0.29, 0.717) is 5.92 Å². The molecule has 3 nitrogen and oxygen atoms in total. The second-order valence-electron chi connectivity index (χ2n) is 4.38. The average molecular weight is 178 g/mol. The van der Waals surface area contributed by atoms with Gasteiger partial charge in [0, 0.05) is 6.54 Å². The van der Waals surface area contributed by atoms with Crippen LogP contribution in [-0.2, 0) is 4.79 Å². The first-order valence-electron chi connectivity index (χ1n) is 4.87. The van der Waals surface area contributed by atoms with E-state index < -0.39 is 5.41 Å². The van der Waals surface area contributed by atoms with E-state index in [2.05, 4.69) is 18.3 Å². The van der Waals surface area contributed by atoms with Gasteiger partial charge in [0.2, 0.25) is 5.91 Å². The van der Waals surface area contributed by atoms with Crippen molar-refractivity contribution in [1.29, 1.82) is 5.26 Å². The van der Waals surface area contributed by atoms with Crippen molar-refractivity contribution in [3.8, 4) is 6.07 Å². The molecule has 2 aliphatic carbocycles. The summed E-state index contributed by atoms with van der Waals surface area (Å²) in [7, 11) is 0. The predicted octanol–water partition coefficient (Wildman–Crippen LogP) is 1.06. The minimum Gasteiger partial charge on any atom is -0.354 e. The number of amides is 1. The molecule has 0 heterocycles. The highest BCUT2D eigenvalue weighted by molar-refractivity contribution is 5.88. The van der Waals surface area contributed by atoms with Crippen molar-refractivity contribution in [2.75, 3.05) is 6.54 Å². The largest absolute Gasteiger partial charge is 0.354 e. The Balaban J connectivity index is 1.76. The molecule has 0 bridgehead atoms. The molecule has 0 radical (unpaired) electrons. The Morgan fingerprint density at radius 1 is 1.69 bits per heavy atom. The quantitative estimate of drug-likeness (QED) is 0.702. The number of hydrogen-bond acceptors (Lipinski definition) is 2. The standard InChI is InChI=1S/C10H14N2O/c1-7-4-8(7)5-12-9(13)10(6-11)2-3-10/h7-8H,2-5H2,1H3,(H,12,13). The number of carbonyl (C=O) groups excluding carboxylic acids is 1. The Morgan fingerprint density at radius 3 is 2.69 bits per heavy atom. The molecular weight excluding hydrogens is 164 g/mol. The third-order valence-corrected chi connectivity index (χ3v) is 3.20. The molecule has 70 valence electrons. The van der Waals surface area contributed by atoms with Crippen molar-refractivity contribution in [3.63, 3.8) is 0 Å². The maximum absolute atomic E-state index is 11.5. The molecule has 2 rings (SSSR count). The molecule has 0 aromatic carbocycles. The highest BCUT2D eigenvalue weighted by Gasteiger charge is 2.50. The number of hydrogen-bond donors (Lipinski definition) is 1. The van der Waals surface area contributed by atoms with Gasteiger partial charge >= 0.3 is 0 Å². The van der Waals surface area contributed by atoms with Crippen molar-refractivity contribution in [2.24, 2.45) is 17.3 Å². The first-order chi connectivity index (χ1) is 6.18. The van der Waals surface area contributed by atoms with Crippen LogP contribution in [0.25, 0.3) is 0 Å². The van der Waals surface area contributed by atoms with Crippen LogP contribution in [0.5, 0.6) is 0 Å². The van der Waals surface area contributed by atoms with Gasteiger partial charge in [-0.15, -0.1) is 0 Å². The normalized spacial score (nSPS) is 33.2. The lowest BCUT2D eigenvalue weighted by atomic mass is 10.1. The summed E-state index contributed by atoms with van der Waals surface area (Å²) in [6, 6.07) is 2.10. The summed E-state index contributed by atoms with van der Waals surface area (Å²) in [5.74, 6) is 1.38.